The standard InChI is InChI=1S/C18H13N3O4S2/c22-16(10-3-2-6-19-8-10)15-12-4-1-5-13(12)27-18(15)20-17(23)11-7-14(21(24)25)26-9-11/h2-3,6-9H,1,4-5H2,(H,20,23). The molecule has 0 saturated carbocycles. The average molecular weight is 399 g/mol. The van der Waals surface area contributed by atoms with Crippen LogP contribution < -0.4 is 5.32 Å². The Hall–Kier alpha value is -2.91. The molecule has 0 radical (unpaired) electrons. The second-order valence-corrected chi connectivity index (χ2v) is 8.01. The van der Waals surface area contributed by atoms with Crippen LogP contribution >= 0.6 is 22.7 Å². The zero-order valence-corrected chi connectivity index (χ0v) is 15.6. The van der Waals surface area contributed by atoms with Crippen molar-refractivity contribution in [2.75, 3.05) is 5.32 Å². The van der Waals surface area contributed by atoms with Crippen molar-refractivity contribution < 1.29 is 14.5 Å². The lowest BCUT2D eigenvalue weighted by molar-refractivity contribution is -0.380. The minimum Gasteiger partial charge on any atom is -0.313 e. The molecule has 0 aliphatic heterocycles. The molecule has 4 rings (SSSR count). The Balaban J connectivity index is 1.68. The molecule has 7 nitrogen and oxygen atoms in total. The van der Waals surface area contributed by atoms with Crippen molar-refractivity contribution in [2.24, 2.45) is 0 Å². The normalized spacial score (nSPS) is 12.6. The number of carbonyl (C=O) groups excluding carboxylic acids is 2. The fourth-order valence-electron chi connectivity index (χ4n) is 3.09. The van der Waals surface area contributed by atoms with Gasteiger partial charge in [0.05, 0.1) is 16.1 Å². The van der Waals surface area contributed by atoms with Gasteiger partial charge in [-0.05, 0) is 37.0 Å². The quantitative estimate of drug-likeness (QED) is 0.396. The maximum Gasteiger partial charge on any atom is 0.324 e. The summed E-state index contributed by atoms with van der Waals surface area (Å²) in [6.45, 7) is 0. The molecule has 0 atom stereocenters. The predicted octanol–water partition coefficient (Wildman–Crippen LogP) is 4.08. The van der Waals surface area contributed by atoms with Crippen LogP contribution in [-0.4, -0.2) is 21.6 Å². The number of nitro groups is 1. The van der Waals surface area contributed by atoms with E-state index in [0.717, 1.165) is 41.0 Å². The topological polar surface area (TPSA) is 102 Å². The summed E-state index contributed by atoms with van der Waals surface area (Å²) in [7, 11) is 0. The first-order chi connectivity index (χ1) is 13.0. The monoisotopic (exact) mass is 399 g/mol. The number of hydrogen-bond acceptors (Lipinski definition) is 7. The summed E-state index contributed by atoms with van der Waals surface area (Å²) in [6, 6.07) is 4.63. The van der Waals surface area contributed by atoms with E-state index in [1.165, 1.54) is 29.0 Å². The maximum atomic E-state index is 13.0. The van der Waals surface area contributed by atoms with E-state index in [1.54, 1.807) is 18.3 Å². The Morgan fingerprint density at radius 1 is 1.26 bits per heavy atom. The summed E-state index contributed by atoms with van der Waals surface area (Å²) in [4.78, 5) is 41.0. The lowest BCUT2D eigenvalue weighted by Crippen LogP contribution is -2.14. The third-order valence-corrected chi connectivity index (χ3v) is 6.41. The SMILES string of the molecule is O=C(Nc1sc2c(c1C(=O)c1cccnc1)CCC2)c1csc([N+](=O)[O-])c1. The zero-order valence-electron chi connectivity index (χ0n) is 13.9. The molecule has 0 aromatic carbocycles. The Kier molecular flexibility index (Phi) is 4.54. The first-order valence-electron chi connectivity index (χ1n) is 8.18. The van der Waals surface area contributed by atoms with Crippen LogP contribution in [0.3, 0.4) is 0 Å². The van der Waals surface area contributed by atoms with Crippen molar-refractivity contribution >= 4 is 44.4 Å². The van der Waals surface area contributed by atoms with E-state index in [0.29, 0.717) is 16.1 Å². The van der Waals surface area contributed by atoms with Gasteiger partial charge >= 0.3 is 5.00 Å². The number of ketones is 1. The number of rotatable bonds is 5. The van der Waals surface area contributed by atoms with Crippen LogP contribution in [-0.2, 0) is 12.8 Å². The van der Waals surface area contributed by atoms with Gasteiger partial charge in [0.2, 0.25) is 0 Å². The van der Waals surface area contributed by atoms with Crippen LogP contribution in [0.2, 0.25) is 0 Å². The fourth-order valence-corrected chi connectivity index (χ4v) is 5.07. The molecule has 0 unspecified atom stereocenters. The summed E-state index contributed by atoms with van der Waals surface area (Å²) in [5.41, 5.74) is 2.17. The molecule has 1 N–H and O–H groups in total. The lowest BCUT2D eigenvalue weighted by atomic mass is 10.0. The summed E-state index contributed by atoms with van der Waals surface area (Å²) < 4.78 is 0. The van der Waals surface area contributed by atoms with Crippen LogP contribution in [0, 0.1) is 10.1 Å². The highest BCUT2D eigenvalue weighted by Gasteiger charge is 2.28. The molecule has 9 heteroatoms. The van der Waals surface area contributed by atoms with Gasteiger partial charge in [-0.2, -0.15) is 0 Å². The van der Waals surface area contributed by atoms with Gasteiger partial charge in [0.25, 0.3) is 5.91 Å². The highest BCUT2D eigenvalue weighted by Crippen LogP contribution is 2.40. The molecular weight excluding hydrogens is 386 g/mol. The summed E-state index contributed by atoms with van der Waals surface area (Å²) >= 11 is 2.30. The molecule has 27 heavy (non-hydrogen) atoms. The van der Waals surface area contributed by atoms with E-state index in [4.69, 9.17) is 0 Å². The van der Waals surface area contributed by atoms with Crippen molar-refractivity contribution in [1.82, 2.24) is 4.98 Å². The largest absolute Gasteiger partial charge is 0.324 e. The molecule has 1 amide bonds. The lowest BCUT2D eigenvalue weighted by Gasteiger charge is -2.07. The molecule has 136 valence electrons. The van der Waals surface area contributed by atoms with Gasteiger partial charge in [-0.3, -0.25) is 24.7 Å². The van der Waals surface area contributed by atoms with Crippen molar-refractivity contribution in [2.45, 2.75) is 19.3 Å². The second-order valence-electron chi connectivity index (χ2n) is 6.02. The third-order valence-electron chi connectivity index (χ3n) is 4.33. The summed E-state index contributed by atoms with van der Waals surface area (Å²) in [5.74, 6) is -0.631. The summed E-state index contributed by atoms with van der Waals surface area (Å²) in [6.07, 6.45) is 5.77. The van der Waals surface area contributed by atoms with Gasteiger partial charge in [-0.25, -0.2) is 0 Å². The Bertz CT molecular complexity index is 1060. The van der Waals surface area contributed by atoms with Gasteiger partial charge in [0.15, 0.2) is 5.78 Å². The van der Waals surface area contributed by atoms with E-state index >= 15 is 0 Å². The van der Waals surface area contributed by atoms with Crippen LogP contribution in [0.15, 0.2) is 36.0 Å². The van der Waals surface area contributed by atoms with E-state index in [9.17, 15) is 19.7 Å². The molecule has 1 aliphatic rings. The highest BCUT2D eigenvalue weighted by atomic mass is 32.1. The van der Waals surface area contributed by atoms with E-state index in [2.05, 4.69) is 10.3 Å². The number of hydrogen-bond donors (Lipinski definition) is 1. The van der Waals surface area contributed by atoms with Crippen LogP contribution in [0.5, 0.6) is 0 Å². The van der Waals surface area contributed by atoms with Gasteiger partial charge in [-0.1, -0.05) is 11.3 Å². The van der Waals surface area contributed by atoms with Gasteiger partial charge < -0.3 is 5.32 Å². The minimum atomic E-state index is -0.529. The van der Waals surface area contributed by atoms with Crippen LogP contribution in [0.4, 0.5) is 10.0 Å². The van der Waals surface area contributed by atoms with Crippen LogP contribution in [0.25, 0.3) is 0 Å². The molecule has 0 spiro atoms. The number of nitrogens with zero attached hydrogens (tertiary/aromatic N) is 2. The highest BCUT2D eigenvalue weighted by molar-refractivity contribution is 7.17. The Morgan fingerprint density at radius 3 is 2.81 bits per heavy atom. The molecule has 0 saturated heterocycles. The maximum absolute atomic E-state index is 13.0. The van der Waals surface area contributed by atoms with Gasteiger partial charge in [0.1, 0.15) is 5.00 Å². The molecule has 0 bridgehead atoms. The molecule has 3 heterocycles. The van der Waals surface area contributed by atoms with Crippen molar-refractivity contribution in [3.8, 4) is 0 Å². The number of carbonyl (C=O) groups is 2. The molecular formula is C18H13N3O4S2. The van der Waals surface area contributed by atoms with Crippen molar-refractivity contribution in [1.29, 1.82) is 0 Å². The first-order valence-corrected chi connectivity index (χ1v) is 9.87. The molecule has 0 fully saturated rings. The molecule has 3 aromatic rings. The number of nitrogens with one attached hydrogen (secondary N) is 1. The number of aromatic nitrogens is 1. The number of thiophene rings is 2. The Labute approximate surface area is 161 Å². The van der Waals surface area contributed by atoms with Crippen molar-refractivity contribution in [3.05, 3.63) is 73.2 Å². The third kappa shape index (κ3) is 3.26. The smallest absolute Gasteiger partial charge is 0.313 e. The number of aryl methyl sites for hydroxylation is 1. The number of anilines is 1. The van der Waals surface area contributed by atoms with E-state index in [-0.39, 0.29) is 16.3 Å². The van der Waals surface area contributed by atoms with Crippen molar-refractivity contribution in [3.63, 3.8) is 0 Å². The van der Waals surface area contributed by atoms with E-state index < -0.39 is 10.8 Å². The predicted molar refractivity (Wildman–Crippen MR) is 103 cm³/mol. The van der Waals surface area contributed by atoms with Gasteiger partial charge in [-0.15, -0.1) is 11.3 Å². The van der Waals surface area contributed by atoms with Crippen LogP contribution in [0.1, 0.15) is 43.1 Å². The second kappa shape index (κ2) is 7.01. The zero-order chi connectivity index (χ0) is 19.0. The molecule has 3 aromatic heterocycles. The minimum absolute atomic E-state index is 0.0968. The first kappa shape index (κ1) is 17.5. The van der Waals surface area contributed by atoms with E-state index in [1.807, 2.05) is 0 Å². The number of amides is 1. The molecule has 1 aliphatic carbocycles. The number of fused-ring (bicyclic) bond motifs is 1. The average Bonchev–Trinajstić information content (AvgIpc) is 3.37. The Morgan fingerprint density at radius 2 is 2.11 bits per heavy atom. The summed E-state index contributed by atoms with van der Waals surface area (Å²) in [5, 5.41) is 15.4. The van der Waals surface area contributed by atoms with Gasteiger partial charge in [0, 0.05) is 34.3 Å². The number of pyridine rings is 1. The fraction of sp³-hybridized carbons (Fsp3) is 0.167.